The van der Waals surface area contributed by atoms with Crippen molar-refractivity contribution in [3.63, 3.8) is 0 Å². The molecule has 1 aromatic carbocycles. The van der Waals surface area contributed by atoms with E-state index in [4.69, 9.17) is 5.73 Å². The molecule has 0 aliphatic heterocycles. The summed E-state index contributed by atoms with van der Waals surface area (Å²) in [5, 5.41) is 2.71. The van der Waals surface area contributed by atoms with Crippen molar-refractivity contribution in [1.82, 2.24) is 0 Å². The van der Waals surface area contributed by atoms with E-state index in [9.17, 15) is 13.2 Å². The van der Waals surface area contributed by atoms with Crippen molar-refractivity contribution in [3.05, 3.63) is 23.8 Å². The zero-order chi connectivity index (χ0) is 15.5. The van der Waals surface area contributed by atoms with Gasteiger partial charge in [0.2, 0.25) is 15.9 Å². The van der Waals surface area contributed by atoms with Crippen LogP contribution in [0, 0.1) is 12.8 Å². The maximum Gasteiger partial charge on any atom is 0.229 e. The number of hydrogen-bond donors (Lipinski definition) is 3. The van der Waals surface area contributed by atoms with Crippen molar-refractivity contribution in [2.24, 2.45) is 11.7 Å². The summed E-state index contributed by atoms with van der Waals surface area (Å²) in [5.74, 6) is -0.622. The first-order valence-corrected chi connectivity index (χ1v) is 8.14. The fourth-order valence-corrected chi connectivity index (χ4v) is 2.11. The second kappa shape index (κ2) is 7.63. The van der Waals surface area contributed by atoms with Gasteiger partial charge in [-0.25, -0.2) is 8.42 Å². The Morgan fingerprint density at radius 2 is 1.81 bits per heavy atom. The van der Waals surface area contributed by atoms with Crippen molar-refractivity contribution >= 4 is 39.7 Å². The summed E-state index contributed by atoms with van der Waals surface area (Å²) in [6, 6.07) is 4.80. The Balaban J connectivity index is 0.00000400. The SMILES string of the molecule is Cc1ccc(NS(C)(=O)=O)c(NC(=O)C(C)C(C)N)c1.Cl. The molecule has 0 saturated carbocycles. The van der Waals surface area contributed by atoms with Crippen molar-refractivity contribution in [3.8, 4) is 0 Å². The monoisotopic (exact) mass is 335 g/mol. The van der Waals surface area contributed by atoms with Crippen LogP contribution in [-0.4, -0.2) is 26.6 Å². The van der Waals surface area contributed by atoms with Crippen LogP contribution in [-0.2, 0) is 14.8 Å². The fourth-order valence-electron chi connectivity index (χ4n) is 1.54. The molecule has 21 heavy (non-hydrogen) atoms. The molecule has 0 aromatic heterocycles. The number of aryl methyl sites for hydroxylation is 1. The summed E-state index contributed by atoms with van der Waals surface area (Å²) in [7, 11) is -3.41. The van der Waals surface area contributed by atoms with Gasteiger partial charge in [-0.05, 0) is 31.5 Å². The number of nitrogens with two attached hydrogens (primary N) is 1. The van der Waals surface area contributed by atoms with Gasteiger partial charge in [0.15, 0.2) is 0 Å². The molecular weight excluding hydrogens is 314 g/mol. The van der Waals surface area contributed by atoms with E-state index in [1.54, 1.807) is 32.0 Å². The summed E-state index contributed by atoms with van der Waals surface area (Å²) >= 11 is 0. The lowest BCUT2D eigenvalue weighted by atomic mass is 10.0. The van der Waals surface area contributed by atoms with E-state index in [-0.39, 0.29) is 30.3 Å². The quantitative estimate of drug-likeness (QED) is 0.762. The number of carbonyl (C=O) groups is 1. The van der Waals surface area contributed by atoms with Gasteiger partial charge in [-0.2, -0.15) is 0 Å². The Morgan fingerprint density at radius 1 is 1.24 bits per heavy atom. The average molecular weight is 336 g/mol. The number of rotatable bonds is 5. The van der Waals surface area contributed by atoms with Crippen LogP contribution in [0.4, 0.5) is 11.4 Å². The summed E-state index contributed by atoms with van der Waals surface area (Å²) < 4.78 is 25.0. The molecular formula is C13H22ClN3O3S. The van der Waals surface area contributed by atoms with Gasteiger partial charge < -0.3 is 11.1 Å². The molecule has 0 heterocycles. The highest BCUT2D eigenvalue weighted by Gasteiger charge is 2.18. The van der Waals surface area contributed by atoms with Crippen LogP contribution in [0.3, 0.4) is 0 Å². The first kappa shape index (κ1) is 19.7. The predicted molar refractivity (Wildman–Crippen MR) is 88.3 cm³/mol. The number of nitrogens with one attached hydrogen (secondary N) is 2. The average Bonchev–Trinajstić information content (AvgIpc) is 2.29. The van der Waals surface area contributed by atoms with Crippen LogP contribution in [0.25, 0.3) is 0 Å². The third-order valence-electron chi connectivity index (χ3n) is 2.93. The number of halogens is 1. The largest absolute Gasteiger partial charge is 0.327 e. The van der Waals surface area contributed by atoms with E-state index >= 15 is 0 Å². The van der Waals surface area contributed by atoms with Crippen LogP contribution in [0.5, 0.6) is 0 Å². The van der Waals surface area contributed by atoms with Crippen LogP contribution in [0.1, 0.15) is 19.4 Å². The Bertz CT molecular complexity index is 603. The van der Waals surface area contributed by atoms with Crippen molar-refractivity contribution in [2.45, 2.75) is 26.8 Å². The molecule has 2 atom stereocenters. The number of anilines is 2. The highest BCUT2D eigenvalue weighted by atomic mass is 35.5. The maximum atomic E-state index is 12.0. The Morgan fingerprint density at radius 3 is 2.29 bits per heavy atom. The second-order valence-corrected chi connectivity index (χ2v) is 6.81. The molecule has 0 saturated heterocycles. The van der Waals surface area contributed by atoms with Gasteiger partial charge in [-0.15, -0.1) is 12.4 Å². The molecule has 1 aromatic rings. The molecule has 0 aliphatic rings. The number of carbonyl (C=O) groups excluding carboxylic acids is 1. The number of benzene rings is 1. The minimum atomic E-state index is -3.41. The standard InChI is InChI=1S/C13H21N3O3S.ClH/c1-8-5-6-11(16-20(4,18)19)12(7-8)15-13(17)9(2)10(3)14;/h5-7,9-10,16H,14H2,1-4H3,(H,15,17);1H. The molecule has 1 amide bonds. The molecule has 0 fully saturated rings. The van der Waals surface area contributed by atoms with E-state index in [1.807, 2.05) is 6.92 Å². The third kappa shape index (κ3) is 6.33. The number of sulfonamides is 1. The molecule has 8 heteroatoms. The Hall–Kier alpha value is -1.31. The van der Waals surface area contributed by atoms with E-state index in [0.717, 1.165) is 11.8 Å². The third-order valence-corrected chi connectivity index (χ3v) is 3.52. The van der Waals surface area contributed by atoms with Gasteiger partial charge in [0.25, 0.3) is 0 Å². The minimum absolute atomic E-state index is 0. The van der Waals surface area contributed by atoms with Crippen LogP contribution >= 0.6 is 12.4 Å². The summed E-state index contributed by atoms with van der Waals surface area (Å²) in [5.41, 5.74) is 7.36. The minimum Gasteiger partial charge on any atom is -0.327 e. The highest BCUT2D eigenvalue weighted by Crippen LogP contribution is 2.24. The van der Waals surface area contributed by atoms with Crippen molar-refractivity contribution in [2.75, 3.05) is 16.3 Å². The van der Waals surface area contributed by atoms with E-state index in [1.165, 1.54) is 0 Å². The molecule has 0 radical (unpaired) electrons. The number of amides is 1. The van der Waals surface area contributed by atoms with Crippen LogP contribution < -0.4 is 15.8 Å². The molecule has 4 N–H and O–H groups in total. The van der Waals surface area contributed by atoms with Gasteiger partial charge in [0.1, 0.15) is 0 Å². The second-order valence-electron chi connectivity index (χ2n) is 5.06. The highest BCUT2D eigenvalue weighted by molar-refractivity contribution is 7.92. The molecule has 1 rings (SSSR count). The van der Waals surface area contributed by atoms with Gasteiger partial charge >= 0.3 is 0 Å². The Kier molecular flexibility index (Phi) is 7.15. The van der Waals surface area contributed by atoms with Gasteiger partial charge in [-0.3, -0.25) is 9.52 Å². The van der Waals surface area contributed by atoms with Crippen LogP contribution in [0.15, 0.2) is 18.2 Å². The van der Waals surface area contributed by atoms with Gasteiger partial charge in [0, 0.05) is 6.04 Å². The van der Waals surface area contributed by atoms with Crippen molar-refractivity contribution < 1.29 is 13.2 Å². The summed E-state index contributed by atoms with van der Waals surface area (Å²) in [6.07, 6.45) is 1.06. The molecule has 120 valence electrons. The first-order valence-electron chi connectivity index (χ1n) is 6.25. The molecule has 0 bridgehead atoms. The topological polar surface area (TPSA) is 101 Å². The first-order chi connectivity index (χ1) is 9.10. The summed E-state index contributed by atoms with van der Waals surface area (Å²) in [6.45, 7) is 5.32. The zero-order valence-electron chi connectivity index (χ0n) is 12.5. The maximum absolute atomic E-state index is 12.0. The lowest BCUT2D eigenvalue weighted by Gasteiger charge is -2.18. The lowest BCUT2D eigenvalue weighted by molar-refractivity contribution is -0.119. The Labute approximate surface area is 132 Å². The molecule has 0 aliphatic carbocycles. The summed E-state index contributed by atoms with van der Waals surface area (Å²) in [4.78, 5) is 12.0. The van der Waals surface area contributed by atoms with E-state index in [0.29, 0.717) is 11.4 Å². The zero-order valence-corrected chi connectivity index (χ0v) is 14.1. The molecule has 0 spiro atoms. The number of hydrogen-bond acceptors (Lipinski definition) is 4. The van der Waals surface area contributed by atoms with Crippen molar-refractivity contribution in [1.29, 1.82) is 0 Å². The van der Waals surface area contributed by atoms with E-state index in [2.05, 4.69) is 10.0 Å². The fraction of sp³-hybridized carbons (Fsp3) is 0.462. The van der Waals surface area contributed by atoms with Crippen LogP contribution in [0.2, 0.25) is 0 Å². The normalized spacial score (nSPS) is 13.8. The molecule has 2 unspecified atom stereocenters. The van der Waals surface area contributed by atoms with Gasteiger partial charge in [0.05, 0.1) is 23.5 Å². The smallest absolute Gasteiger partial charge is 0.229 e. The van der Waals surface area contributed by atoms with E-state index < -0.39 is 10.0 Å². The molecule has 6 nitrogen and oxygen atoms in total. The lowest BCUT2D eigenvalue weighted by Crippen LogP contribution is -2.34. The predicted octanol–water partition coefficient (Wildman–Crippen LogP) is 1.71. The van der Waals surface area contributed by atoms with Gasteiger partial charge in [-0.1, -0.05) is 13.0 Å².